The van der Waals surface area contributed by atoms with Crippen LogP contribution in [0.1, 0.15) is 40.2 Å². The SMILES string of the molecule is C=C/C=C(C(=C)Cc1ccccc1)\C(O)=C/C.CC.CC. The number of rotatable bonds is 5. The molecule has 0 aromatic heterocycles. The molecule has 1 aromatic carbocycles. The number of hydrogen-bond donors (Lipinski definition) is 1. The fourth-order valence-corrected chi connectivity index (χ4v) is 1.60. The fraction of sp³-hybridized carbons (Fsp3) is 0.300. The Morgan fingerprint density at radius 1 is 1.10 bits per heavy atom. The molecule has 0 spiro atoms. The molecule has 0 atom stereocenters. The van der Waals surface area contributed by atoms with Crippen molar-refractivity contribution in [3.63, 3.8) is 0 Å². The molecule has 0 saturated heterocycles. The van der Waals surface area contributed by atoms with Gasteiger partial charge in [0.2, 0.25) is 0 Å². The third kappa shape index (κ3) is 8.69. The first-order chi connectivity index (χ1) is 10.2. The van der Waals surface area contributed by atoms with E-state index in [0.717, 1.165) is 17.6 Å². The molecule has 1 heteroatoms. The summed E-state index contributed by atoms with van der Waals surface area (Å²) in [5.74, 6) is 0.242. The Labute approximate surface area is 131 Å². The molecule has 0 bridgehead atoms. The molecule has 1 aromatic rings. The van der Waals surface area contributed by atoms with Crippen molar-refractivity contribution in [2.24, 2.45) is 0 Å². The zero-order chi connectivity index (χ0) is 16.7. The van der Waals surface area contributed by atoms with E-state index in [-0.39, 0.29) is 5.76 Å². The average Bonchev–Trinajstić information content (AvgIpc) is 2.56. The Balaban J connectivity index is 0. The van der Waals surface area contributed by atoms with E-state index >= 15 is 0 Å². The second-order valence-electron chi connectivity index (χ2n) is 3.76. The number of aliphatic hydroxyl groups excluding tert-OH is 1. The van der Waals surface area contributed by atoms with E-state index in [0.29, 0.717) is 0 Å². The highest BCUT2D eigenvalue weighted by Crippen LogP contribution is 2.20. The lowest BCUT2D eigenvalue weighted by atomic mass is 9.98. The minimum Gasteiger partial charge on any atom is -0.508 e. The summed E-state index contributed by atoms with van der Waals surface area (Å²) in [6.07, 6.45) is 5.82. The molecular weight excluding hydrogens is 256 g/mol. The van der Waals surface area contributed by atoms with Gasteiger partial charge in [0.1, 0.15) is 5.76 Å². The average molecular weight is 286 g/mol. The molecule has 0 aliphatic heterocycles. The molecule has 1 rings (SSSR count). The third-order valence-electron chi connectivity index (χ3n) is 2.48. The maximum Gasteiger partial charge on any atom is 0.118 e. The van der Waals surface area contributed by atoms with Crippen molar-refractivity contribution in [3.05, 3.63) is 84.2 Å². The lowest BCUT2D eigenvalue weighted by Gasteiger charge is -2.10. The van der Waals surface area contributed by atoms with E-state index in [1.165, 1.54) is 5.56 Å². The molecule has 1 N–H and O–H groups in total. The second-order valence-corrected chi connectivity index (χ2v) is 3.76. The summed E-state index contributed by atoms with van der Waals surface area (Å²) in [6.45, 7) is 17.5. The van der Waals surface area contributed by atoms with Crippen molar-refractivity contribution in [2.75, 3.05) is 0 Å². The van der Waals surface area contributed by atoms with Crippen molar-refractivity contribution < 1.29 is 5.11 Å². The third-order valence-corrected chi connectivity index (χ3v) is 2.48. The largest absolute Gasteiger partial charge is 0.508 e. The predicted octanol–water partition coefficient (Wildman–Crippen LogP) is 6.41. The number of allylic oxidation sites excluding steroid dienone is 4. The van der Waals surface area contributed by atoms with E-state index in [4.69, 9.17) is 0 Å². The molecular formula is C20H30O. The van der Waals surface area contributed by atoms with Crippen LogP contribution in [0.5, 0.6) is 0 Å². The van der Waals surface area contributed by atoms with Crippen molar-refractivity contribution in [1.29, 1.82) is 0 Å². The normalized spacial score (nSPS) is 10.5. The summed E-state index contributed by atoms with van der Waals surface area (Å²) in [5.41, 5.74) is 2.80. The Morgan fingerprint density at radius 3 is 2.05 bits per heavy atom. The Morgan fingerprint density at radius 2 is 1.62 bits per heavy atom. The van der Waals surface area contributed by atoms with Crippen LogP contribution in [0, 0.1) is 0 Å². The molecule has 21 heavy (non-hydrogen) atoms. The van der Waals surface area contributed by atoms with E-state index in [9.17, 15) is 5.11 Å². The summed E-state index contributed by atoms with van der Waals surface area (Å²) in [7, 11) is 0. The van der Waals surface area contributed by atoms with Crippen LogP contribution in [-0.2, 0) is 6.42 Å². The van der Waals surface area contributed by atoms with Crippen LogP contribution in [0.2, 0.25) is 0 Å². The lowest BCUT2D eigenvalue weighted by Crippen LogP contribution is -1.96. The zero-order valence-electron chi connectivity index (χ0n) is 14.2. The van der Waals surface area contributed by atoms with E-state index in [1.807, 2.05) is 58.0 Å². The van der Waals surface area contributed by atoms with Crippen LogP contribution in [0.3, 0.4) is 0 Å². The zero-order valence-corrected chi connectivity index (χ0v) is 14.2. The minimum atomic E-state index is 0.242. The van der Waals surface area contributed by atoms with Crippen molar-refractivity contribution in [2.45, 2.75) is 41.0 Å². The number of benzene rings is 1. The first-order valence-electron chi connectivity index (χ1n) is 7.59. The van der Waals surface area contributed by atoms with Gasteiger partial charge in [-0.2, -0.15) is 0 Å². The van der Waals surface area contributed by atoms with Crippen molar-refractivity contribution >= 4 is 0 Å². The highest BCUT2D eigenvalue weighted by atomic mass is 16.3. The maximum atomic E-state index is 9.78. The minimum absolute atomic E-state index is 0.242. The van der Waals surface area contributed by atoms with Crippen LogP contribution < -0.4 is 0 Å². The first-order valence-corrected chi connectivity index (χ1v) is 7.59. The summed E-state index contributed by atoms with van der Waals surface area (Å²) in [5, 5.41) is 9.78. The highest BCUT2D eigenvalue weighted by molar-refractivity contribution is 5.45. The van der Waals surface area contributed by atoms with Crippen molar-refractivity contribution in [1.82, 2.24) is 0 Å². The highest BCUT2D eigenvalue weighted by Gasteiger charge is 2.07. The molecule has 1 nitrogen and oxygen atoms in total. The second kappa shape index (κ2) is 14.4. The Hall–Kier alpha value is -2.02. The van der Waals surface area contributed by atoms with Crippen molar-refractivity contribution in [3.8, 4) is 0 Å². The van der Waals surface area contributed by atoms with Gasteiger partial charge >= 0.3 is 0 Å². The summed E-state index contributed by atoms with van der Waals surface area (Å²) in [6, 6.07) is 10.1. The Bertz CT molecular complexity index is 450. The number of hydrogen-bond acceptors (Lipinski definition) is 1. The van der Waals surface area contributed by atoms with Gasteiger partial charge in [0.15, 0.2) is 0 Å². The van der Waals surface area contributed by atoms with Gasteiger partial charge in [-0.3, -0.25) is 0 Å². The van der Waals surface area contributed by atoms with Crippen LogP contribution in [0.15, 0.2) is 78.6 Å². The van der Waals surface area contributed by atoms with Crippen LogP contribution in [0.4, 0.5) is 0 Å². The number of aliphatic hydroxyl groups is 1. The van der Waals surface area contributed by atoms with E-state index in [1.54, 1.807) is 25.2 Å². The molecule has 116 valence electrons. The molecule has 0 unspecified atom stereocenters. The van der Waals surface area contributed by atoms with Crippen LogP contribution >= 0.6 is 0 Å². The van der Waals surface area contributed by atoms with E-state index < -0.39 is 0 Å². The van der Waals surface area contributed by atoms with Crippen LogP contribution in [0.25, 0.3) is 0 Å². The molecule has 0 radical (unpaired) electrons. The quantitative estimate of drug-likeness (QED) is 0.489. The van der Waals surface area contributed by atoms with Gasteiger partial charge in [0.05, 0.1) is 0 Å². The van der Waals surface area contributed by atoms with E-state index in [2.05, 4.69) is 13.2 Å². The first kappa shape index (κ1) is 21.3. The summed E-state index contributed by atoms with van der Waals surface area (Å²) < 4.78 is 0. The molecule has 0 aliphatic carbocycles. The molecule has 0 heterocycles. The Kier molecular flexibility index (Phi) is 14.6. The summed E-state index contributed by atoms with van der Waals surface area (Å²) in [4.78, 5) is 0. The van der Waals surface area contributed by atoms with Gasteiger partial charge < -0.3 is 5.11 Å². The monoisotopic (exact) mass is 286 g/mol. The smallest absolute Gasteiger partial charge is 0.118 e. The van der Waals surface area contributed by atoms with Gasteiger partial charge in [-0.05, 0) is 30.6 Å². The topological polar surface area (TPSA) is 20.2 Å². The molecule has 0 amide bonds. The van der Waals surface area contributed by atoms with Gasteiger partial charge in [0, 0.05) is 5.57 Å². The fourth-order valence-electron chi connectivity index (χ4n) is 1.60. The van der Waals surface area contributed by atoms with Gasteiger partial charge in [-0.15, -0.1) is 0 Å². The van der Waals surface area contributed by atoms with Gasteiger partial charge in [0.25, 0.3) is 0 Å². The predicted molar refractivity (Wildman–Crippen MR) is 96.6 cm³/mol. The molecule has 0 saturated carbocycles. The van der Waals surface area contributed by atoms with Gasteiger partial charge in [-0.1, -0.05) is 83.3 Å². The van der Waals surface area contributed by atoms with Gasteiger partial charge in [-0.25, -0.2) is 0 Å². The maximum absolute atomic E-state index is 9.78. The lowest BCUT2D eigenvalue weighted by molar-refractivity contribution is 0.423. The summed E-state index contributed by atoms with van der Waals surface area (Å²) >= 11 is 0. The molecule has 0 fully saturated rings. The standard InChI is InChI=1S/C16H18O.2C2H6/c1-4-9-15(16(17)5-2)13(3)12-14-10-7-6-8-11-14;2*1-2/h4-11,17H,1,3,12H2,2H3;2*1-2H3/b15-9-,16-5+;;. The molecule has 0 aliphatic rings. The van der Waals surface area contributed by atoms with Crippen LogP contribution in [-0.4, -0.2) is 5.11 Å².